The van der Waals surface area contributed by atoms with Crippen LogP contribution in [0.4, 0.5) is 0 Å². The Morgan fingerprint density at radius 1 is 1.28 bits per heavy atom. The first-order chi connectivity index (χ1) is 8.63. The fourth-order valence-corrected chi connectivity index (χ4v) is 2.46. The molecule has 0 spiro atoms. The number of nitrogens with one attached hydrogen (secondary N) is 1. The largest absolute Gasteiger partial charge is 0.396 e. The molecule has 0 amide bonds. The van der Waals surface area contributed by atoms with Crippen molar-refractivity contribution in [1.29, 1.82) is 0 Å². The van der Waals surface area contributed by atoms with Gasteiger partial charge in [0.1, 0.15) is 0 Å². The third-order valence-corrected chi connectivity index (χ3v) is 3.69. The Hall–Kier alpha value is -0.160. The Balaban J connectivity index is 2.12. The molecule has 3 N–H and O–H groups in total. The lowest BCUT2D eigenvalue weighted by atomic mass is 10.0. The van der Waals surface area contributed by atoms with Crippen LogP contribution in [0, 0.1) is 5.92 Å². The summed E-state index contributed by atoms with van der Waals surface area (Å²) in [6.07, 6.45) is 5.42. The van der Waals surface area contributed by atoms with Crippen molar-refractivity contribution in [3.8, 4) is 0 Å². The highest BCUT2D eigenvalue weighted by atomic mass is 16.5. The molecule has 2 unspecified atom stereocenters. The molecule has 1 fully saturated rings. The number of aliphatic hydroxyl groups excluding tert-OH is 2. The van der Waals surface area contributed by atoms with Gasteiger partial charge >= 0.3 is 0 Å². The summed E-state index contributed by atoms with van der Waals surface area (Å²) in [5.41, 5.74) is 0. The Labute approximate surface area is 111 Å². The van der Waals surface area contributed by atoms with E-state index in [1.165, 1.54) is 12.8 Å². The third-order valence-electron chi connectivity index (χ3n) is 3.69. The molecule has 18 heavy (non-hydrogen) atoms. The molecule has 1 aliphatic rings. The predicted molar refractivity (Wildman–Crippen MR) is 72.5 cm³/mol. The monoisotopic (exact) mass is 259 g/mol. The number of hydrogen-bond acceptors (Lipinski definition) is 4. The van der Waals surface area contributed by atoms with Crippen LogP contribution in [-0.4, -0.2) is 48.2 Å². The van der Waals surface area contributed by atoms with E-state index in [4.69, 9.17) is 9.84 Å². The summed E-state index contributed by atoms with van der Waals surface area (Å²) >= 11 is 0. The molecule has 1 saturated carbocycles. The molecule has 0 radical (unpaired) electrons. The molecule has 1 rings (SSSR count). The van der Waals surface area contributed by atoms with E-state index in [0.29, 0.717) is 25.2 Å². The van der Waals surface area contributed by atoms with Gasteiger partial charge in [-0.05, 0) is 25.2 Å². The van der Waals surface area contributed by atoms with Crippen molar-refractivity contribution in [3.63, 3.8) is 0 Å². The van der Waals surface area contributed by atoms with Crippen LogP contribution in [0.2, 0.25) is 0 Å². The zero-order chi connectivity index (χ0) is 13.4. The quantitative estimate of drug-likeness (QED) is 0.584. The second-order valence-electron chi connectivity index (χ2n) is 5.66. The predicted octanol–water partition coefficient (Wildman–Crippen LogP) is 1.30. The van der Waals surface area contributed by atoms with Gasteiger partial charge in [0.05, 0.1) is 18.8 Å². The SMILES string of the molecule is CC(C)C(CCO)NCC(O)COC1CCCC1. The molecule has 4 nitrogen and oxygen atoms in total. The van der Waals surface area contributed by atoms with Crippen molar-refractivity contribution in [1.82, 2.24) is 5.32 Å². The summed E-state index contributed by atoms with van der Waals surface area (Å²) in [6.45, 7) is 5.38. The summed E-state index contributed by atoms with van der Waals surface area (Å²) < 4.78 is 5.68. The van der Waals surface area contributed by atoms with Gasteiger partial charge in [-0.3, -0.25) is 0 Å². The molecule has 0 saturated heterocycles. The normalized spacial score (nSPS) is 20.5. The van der Waals surface area contributed by atoms with Crippen LogP contribution in [0.1, 0.15) is 46.0 Å². The fraction of sp³-hybridized carbons (Fsp3) is 1.00. The second-order valence-corrected chi connectivity index (χ2v) is 5.66. The molecule has 0 heterocycles. The van der Waals surface area contributed by atoms with E-state index in [-0.39, 0.29) is 12.6 Å². The zero-order valence-electron chi connectivity index (χ0n) is 11.8. The van der Waals surface area contributed by atoms with Crippen molar-refractivity contribution in [3.05, 3.63) is 0 Å². The van der Waals surface area contributed by atoms with Gasteiger partial charge in [-0.25, -0.2) is 0 Å². The van der Waals surface area contributed by atoms with E-state index in [0.717, 1.165) is 19.3 Å². The maximum Gasteiger partial charge on any atom is 0.0897 e. The molecule has 108 valence electrons. The molecular formula is C14H29NO3. The summed E-state index contributed by atoms with van der Waals surface area (Å²) in [4.78, 5) is 0. The van der Waals surface area contributed by atoms with Crippen LogP contribution < -0.4 is 5.32 Å². The van der Waals surface area contributed by atoms with Crippen LogP contribution in [0.3, 0.4) is 0 Å². The van der Waals surface area contributed by atoms with Gasteiger partial charge in [-0.15, -0.1) is 0 Å². The van der Waals surface area contributed by atoms with Crippen molar-refractivity contribution >= 4 is 0 Å². The summed E-state index contributed by atoms with van der Waals surface area (Å²) in [7, 11) is 0. The van der Waals surface area contributed by atoms with Gasteiger partial charge in [0.25, 0.3) is 0 Å². The van der Waals surface area contributed by atoms with Crippen LogP contribution in [0.25, 0.3) is 0 Å². The minimum absolute atomic E-state index is 0.185. The maximum absolute atomic E-state index is 9.86. The van der Waals surface area contributed by atoms with Crippen molar-refractivity contribution < 1.29 is 14.9 Å². The Morgan fingerprint density at radius 2 is 1.94 bits per heavy atom. The van der Waals surface area contributed by atoms with Crippen LogP contribution in [0.15, 0.2) is 0 Å². The number of rotatable bonds is 9. The topological polar surface area (TPSA) is 61.7 Å². The van der Waals surface area contributed by atoms with Crippen molar-refractivity contribution in [2.45, 2.75) is 64.2 Å². The summed E-state index contributed by atoms with van der Waals surface area (Å²) in [5, 5.41) is 22.1. The number of hydrogen-bond donors (Lipinski definition) is 3. The lowest BCUT2D eigenvalue weighted by Gasteiger charge is -2.23. The van der Waals surface area contributed by atoms with Crippen molar-refractivity contribution in [2.24, 2.45) is 5.92 Å². The molecule has 1 aliphatic carbocycles. The molecule has 0 aromatic rings. The molecule has 0 aliphatic heterocycles. The second kappa shape index (κ2) is 8.86. The molecule has 2 atom stereocenters. The van der Waals surface area contributed by atoms with Gasteiger partial charge in [-0.2, -0.15) is 0 Å². The third kappa shape index (κ3) is 6.14. The summed E-state index contributed by atoms with van der Waals surface area (Å²) in [6, 6.07) is 0.260. The lowest BCUT2D eigenvalue weighted by molar-refractivity contribution is -0.00694. The first-order valence-electron chi connectivity index (χ1n) is 7.27. The summed E-state index contributed by atoms with van der Waals surface area (Å²) in [5.74, 6) is 0.458. The van der Waals surface area contributed by atoms with Crippen LogP contribution in [0.5, 0.6) is 0 Å². The van der Waals surface area contributed by atoms with E-state index >= 15 is 0 Å². The van der Waals surface area contributed by atoms with E-state index < -0.39 is 6.10 Å². The van der Waals surface area contributed by atoms with Gasteiger partial charge in [0.2, 0.25) is 0 Å². The van der Waals surface area contributed by atoms with Gasteiger partial charge in [0.15, 0.2) is 0 Å². The highest BCUT2D eigenvalue weighted by Crippen LogP contribution is 2.20. The molecule has 4 heteroatoms. The fourth-order valence-electron chi connectivity index (χ4n) is 2.46. The Kier molecular flexibility index (Phi) is 7.82. The minimum atomic E-state index is -0.453. The molecule has 0 aromatic carbocycles. The minimum Gasteiger partial charge on any atom is -0.396 e. The molecule has 0 aromatic heterocycles. The maximum atomic E-state index is 9.86. The van der Waals surface area contributed by atoms with E-state index in [1.54, 1.807) is 0 Å². The van der Waals surface area contributed by atoms with Crippen LogP contribution >= 0.6 is 0 Å². The highest BCUT2D eigenvalue weighted by molar-refractivity contribution is 4.73. The standard InChI is InChI=1S/C14H29NO3/c1-11(2)14(7-8-16)15-9-12(17)10-18-13-5-3-4-6-13/h11-17H,3-10H2,1-2H3. The number of aliphatic hydroxyl groups is 2. The Morgan fingerprint density at radius 3 is 2.50 bits per heavy atom. The smallest absolute Gasteiger partial charge is 0.0897 e. The molecule has 0 bridgehead atoms. The van der Waals surface area contributed by atoms with E-state index in [1.807, 2.05) is 0 Å². The van der Waals surface area contributed by atoms with Gasteiger partial charge in [-0.1, -0.05) is 26.7 Å². The average Bonchev–Trinajstić information content (AvgIpc) is 2.84. The zero-order valence-corrected chi connectivity index (χ0v) is 11.8. The Bertz CT molecular complexity index is 205. The molecular weight excluding hydrogens is 230 g/mol. The van der Waals surface area contributed by atoms with E-state index in [2.05, 4.69) is 19.2 Å². The number of ether oxygens (including phenoxy) is 1. The van der Waals surface area contributed by atoms with Gasteiger partial charge < -0.3 is 20.3 Å². The lowest BCUT2D eigenvalue weighted by Crippen LogP contribution is -2.41. The van der Waals surface area contributed by atoms with E-state index in [9.17, 15) is 5.11 Å². The first kappa shape index (κ1) is 15.9. The first-order valence-corrected chi connectivity index (χ1v) is 7.27. The average molecular weight is 259 g/mol. The van der Waals surface area contributed by atoms with Crippen LogP contribution in [-0.2, 0) is 4.74 Å². The highest BCUT2D eigenvalue weighted by Gasteiger charge is 2.18. The van der Waals surface area contributed by atoms with Crippen molar-refractivity contribution in [2.75, 3.05) is 19.8 Å². The van der Waals surface area contributed by atoms with Gasteiger partial charge in [0, 0.05) is 19.2 Å².